The number of benzene rings is 2. The van der Waals surface area contributed by atoms with Crippen molar-refractivity contribution in [2.75, 3.05) is 24.6 Å². The Morgan fingerprint density at radius 2 is 2.00 bits per heavy atom. The van der Waals surface area contributed by atoms with Crippen LogP contribution in [0.1, 0.15) is 59.4 Å². The molecular weight excluding hydrogens is 378 g/mol. The van der Waals surface area contributed by atoms with E-state index in [2.05, 4.69) is 17.1 Å². The zero-order valence-electron chi connectivity index (χ0n) is 17.7. The molecule has 6 nitrogen and oxygen atoms in total. The van der Waals surface area contributed by atoms with Crippen LogP contribution < -0.4 is 15.0 Å². The number of ether oxygens (including phenoxy) is 1. The molecule has 2 amide bonds. The zero-order chi connectivity index (χ0) is 21.1. The van der Waals surface area contributed by atoms with Crippen molar-refractivity contribution in [1.82, 2.24) is 10.2 Å². The molecule has 4 rings (SSSR count). The number of anilines is 1. The Labute approximate surface area is 177 Å². The van der Waals surface area contributed by atoms with Crippen molar-refractivity contribution in [1.29, 1.82) is 0 Å². The number of amides is 2. The van der Waals surface area contributed by atoms with Crippen molar-refractivity contribution >= 4 is 17.5 Å². The molecule has 1 unspecified atom stereocenters. The van der Waals surface area contributed by atoms with E-state index in [1.807, 2.05) is 42.2 Å². The highest BCUT2D eigenvalue weighted by Gasteiger charge is 2.38. The van der Waals surface area contributed by atoms with Gasteiger partial charge in [0.2, 0.25) is 0 Å². The minimum absolute atomic E-state index is 0.0806. The molecule has 158 valence electrons. The molecule has 1 atom stereocenters. The lowest BCUT2D eigenvalue weighted by Crippen LogP contribution is -2.57. The standard InChI is InChI=1S/C24H29N3O3/c1-3-26-20-15-17(12-13-19(20)24(29)27-14-8-7-11-22(26)27)23(28)25-16-18-9-5-6-10-21(18)30-4-2/h5-6,9-10,12-13,15,22H,3-4,7-8,11,14,16H2,1-2H3,(H,25,28). The molecule has 2 aliphatic rings. The topological polar surface area (TPSA) is 61.9 Å². The average molecular weight is 408 g/mol. The average Bonchev–Trinajstić information content (AvgIpc) is 2.78. The Morgan fingerprint density at radius 3 is 2.80 bits per heavy atom. The Balaban J connectivity index is 1.55. The number of nitrogens with one attached hydrogen (secondary N) is 1. The maximum absolute atomic E-state index is 13.0. The molecule has 0 bridgehead atoms. The Hall–Kier alpha value is -3.02. The third kappa shape index (κ3) is 3.74. The molecule has 2 aromatic carbocycles. The summed E-state index contributed by atoms with van der Waals surface area (Å²) in [5, 5.41) is 2.99. The Bertz CT molecular complexity index is 943. The largest absolute Gasteiger partial charge is 0.494 e. The molecule has 0 aliphatic carbocycles. The SMILES string of the molecule is CCOc1ccccc1CNC(=O)c1ccc2c(c1)N(CC)C1CCCCN1C2=O. The van der Waals surface area contributed by atoms with Crippen LogP contribution in [-0.2, 0) is 6.54 Å². The van der Waals surface area contributed by atoms with Crippen molar-refractivity contribution in [3.63, 3.8) is 0 Å². The monoisotopic (exact) mass is 407 g/mol. The van der Waals surface area contributed by atoms with Gasteiger partial charge in [-0.25, -0.2) is 0 Å². The minimum Gasteiger partial charge on any atom is -0.494 e. The second kappa shape index (κ2) is 8.78. The van der Waals surface area contributed by atoms with Crippen LogP contribution in [0.2, 0.25) is 0 Å². The molecule has 2 aromatic rings. The summed E-state index contributed by atoms with van der Waals surface area (Å²) in [5.41, 5.74) is 3.06. The first-order valence-electron chi connectivity index (χ1n) is 10.8. The number of piperidine rings is 1. The fraction of sp³-hybridized carbons (Fsp3) is 0.417. The lowest BCUT2D eigenvalue weighted by molar-refractivity contribution is 0.0582. The van der Waals surface area contributed by atoms with E-state index in [1.54, 1.807) is 12.1 Å². The molecular formula is C24H29N3O3. The second-order valence-electron chi connectivity index (χ2n) is 7.72. The first-order valence-corrected chi connectivity index (χ1v) is 10.8. The van der Waals surface area contributed by atoms with Crippen LogP contribution in [0.4, 0.5) is 5.69 Å². The number of para-hydroxylation sites is 1. The summed E-state index contributed by atoms with van der Waals surface area (Å²) in [5.74, 6) is 0.710. The summed E-state index contributed by atoms with van der Waals surface area (Å²) in [7, 11) is 0. The molecule has 30 heavy (non-hydrogen) atoms. The van der Waals surface area contributed by atoms with Crippen molar-refractivity contribution in [2.45, 2.75) is 45.8 Å². The summed E-state index contributed by atoms with van der Waals surface area (Å²) in [6.07, 6.45) is 3.25. The quantitative estimate of drug-likeness (QED) is 0.791. The number of carbonyl (C=O) groups excluding carboxylic acids is 2. The summed E-state index contributed by atoms with van der Waals surface area (Å²) in [6.45, 7) is 6.61. The maximum Gasteiger partial charge on any atom is 0.257 e. The fourth-order valence-electron chi connectivity index (χ4n) is 4.49. The van der Waals surface area contributed by atoms with Gasteiger partial charge in [0.05, 0.1) is 17.9 Å². The predicted molar refractivity (Wildman–Crippen MR) is 117 cm³/mol. The summed E-state index contributed by atoms with van der Waals surface area (Å²) in [4.78, 5) is 30.1. The van der Waals surface area contributed by atoms with Gasteiger partial charge in [-0.1, -0.05) is 18.2 Å². The van der Waals surface area contributed by atoms with Crippen LogP contribution in [0.3, 0.4) is 0 Å². The van der Waals surface area contributed by atoms with E-state index in [0.717, 1.165) is 49.4 Å². The van der Waals surface area contributed by atoms with E-state index in [-0.39, 0.29) is 18.0 Å². The number of hydrogen-bond donors (Lipinski definition) is 1. The lowest BCUT2D eigenvalue weighted by Gasteiger charge is -2.47. The van der Waals surface area contributed by atoms with Crippen molar-refractivity contribution in [2.24, 2.45) is 0 Å². The highest BCUT2D eigenvalue weighted by molar-refractivity contribution is 6.04. The van der Waals surface area contributed by atoms with Gasteiger partial charge in [0, 0.05) is 30.8 Å². The first kappa shape index (κ1) is 20.3. The van der Waals surface area contributed by atoms with Crippen LogP contribution >= 0.6 is 0 Å². The maximum atomic E-state index is 13.0. The minimum atomic E-state index is -0.154. The van der Waals surface area contributed by atoms with Crippen LogP contribution in [0.5, 0.6) is 5.75 Å². The molecule has 0 aromatic heterocycles. The van der Waals surface area contributed by atoms with Crippen LogP contribution in [0.15, 0.2) is 42.5 Å². The lowest BCUT2D eigenvalue weighted by atomic mass is 9.97. The van der Waals surface area contributed by atoms with Gasteiger partial charge in [0.25, 0.3) is 11.8 Å². The van der Waals surface area contributed by atoms with Crippen LogP contribution in [0, 0.1) is 0 Å². The summed E-state index contributed by atoms with van der Waals surface area (Å²) < 4.78 is 5.64. The van der Waals surface area contributed by atoms with E-state index < -0.39 is 0 Å². The number of hydrogen-bond acceptors (Lipinski definition) is 4. The van der Waals surface area contributed by atoms with Gasteiger partial charge in [0.1, 0.15) is 11.9 Å². The molecule has 6 heteroatoms. The van der Waals surface area contributed by atoms with Crippen molar-refractivity contribution in [3.05, 3.63) is 59.2 Å². The highest BCUT2D eigenvalue weighted by Crippen LogP contribution is 2.35. The number of carbonyl (C=O) groups is 2. The first-order chi connectivity index (χ1) is 14.6. The molecule has 1 N–H and O–H groups in total. The van der Waals surface area contributed by atoms with Crippen molar-refractivity contribution in [3.8, 4) is 5.75 Å². The van der Waals surface area contributed by atoms with Gasteiger partial charge >= 0.3 is 0 Å². The highest BCUT2D eigenvalue weighted by atomic mass is 16.5. The number of fused-ring (bicyclic) bond motifs is 2. The third-order valence-corrected chi connectivity index (χ3v) is 5.94. The van der Waals surface area contributed by atoms with E-state index in [0.29, 0.717) is 24.3 Å². The van der Waals surface area contributed by atoms with E-state index in [4.69, 9.17) is 4.74 Å². The molecule has 1 fully saturated rings. The molecule has 2 heterocycles. The van der Waals surface area contributed by atoms with E-state index in [1.165, 1.54) is 0 Å². The molecule has 0 saturated carbocycles. The van der Waals surface area contributed by atoms with Gasteiger partial charge in [-0.15, -0.1) is 0 Å². The fourth-order valence-corrected chi connectivity index (χ4v) is 4.49. The summed E-state index contributed by atoms with van der Waals surface area (Å²) in [6, 6.07) is 13.1. The third-order valence-electron chi connectivity index (χ3n) is 5.94. The zero-order valence-corrected chi connectivity index (χ0v) is 17.7. The Morgan fingerprint density at radius 1 is 1.17 bits per heavy atom. The predicted octanol–water partition coefficient (Wildman–Crippen LogP) is 3.81. The van der Waals surface area contributed by atoms with Gasteiger partial charge in [-0.05, 0) is 57.4 Å². The Kier molecular flexibility index (Phi) is 5.93. The van der Waals surface area contributed by atoms with Crippen LogP contribution in [-0.4, -0.2) is 42.6 Å². The second-order valence-corrected chi connectivity index (χ2v) is 7.72. The summed E-state index contributed by atoms with van der Waals surface area (Å²) >= 11 is 0. The van der Waals surface area contributed by atoms with E-state index in [9.17, 15) is 9.59 Å². The van der Waals surface area contributed by atoms with Crippen molar-refractivity contribution < 1.29 is 14.3 Å². The number of rotatable bonds is 6. The smallest absolute Gasteiger partial charge is 0.257 e. The van der Waals surface area contributed by atoms with Gasteiger partial charge < -0.3 is 19.9 Å². The van der Waals surface area contributed by atoms with E-state index >= 15 is 0 Å². The van der Waals surface area contributed by atoms with Gasteiger partial charge in [-0.2, -0.15) is 0 Å². The molecule has 0 spiro atoms. The van der Waals surface area contributed by atoms with Gasteiger partial charge in [0.15, 0.2) is 0 Å². The molecule has 1 saturated heterocycles. The normalized spacial score (nSPS) is 17.9. The van der Waals surface area contributed by atoms with Crippen LogP contribution in [0.25, 0.3) is 0 Å². The molecule has 2 aliphatic heterocycles. The molecule has 0 radical (unpaired) electrons. The van der Waals surface area contributed by atoms with Gasteiger partial charge in [-0.3, -0.25) is 9.59 Å². The number of nitrogens with zero attached hydrogens (tertiary/aromatic N) is 2.